The highest BCUT2D eigenvalue weighted by Gasteiger charge is 2.44. The number of aromatic nitrogens is 1. The maximum Gasteiger partial charge on any atom is 0.296 e. The fourth-order valence-corrected chi connectivity index (χ4v) is 4.31. The van der Waals surface area contributed by atoms with Crippen LogP contribution in [-0.2, 0) is 0 Å². The summed E-state index contributed by atoms with van der Waals surface area (Å²) in [5.74, 6) is 0.712. The molecule has 0 saturated heterocycles. The molecule has 0 saturated carbocycles. The summed E-state index contributed by atoms with van der Waals surface area (Å²) in [6.45, 7) is 9.86. The quantitative estimate of drug-likeness (QED) is 0.378. The van der Waals surface area contributed by atoms with Crippen LogP contribution in [0.3, 0.4) is 0 Å². The van der Waals surface area contributed by atoms with E-state index in [9.17, 15) is 9.59 Å². The van der Waals surface area contributed by atoms with Crippen molar-refractivity contribution in [3.63, 3.8) is 0 Å². The number of aryl methyl sites for hydroxylation is 3. The Labute approximate surface area is 197 Å². The van der Waals surface area contributed by atoms with Gasteiger partial charge >= 0.3 is 0 Å². The van der Waals surface area contributed by atoms with E-state index in [1.165, 1.54) is 4.90 Å². The first-order valence-electron chi connectivity index (χ1n) is 11.1. The molecule has 1 amide bonds. The fourth-order valence-electron chi connectivity index (χ4n) is 4.31. The molecule has 5 rings (SSSR count). The Balaban J connectivity index is 1.77. The highest BCUT2D eigenvalue weighted by atomic mass is 16.5. The number of hydrogen-bond donors (Lipinski definition) is 0. The molecule has 2 aromatic heterocycles. The van der Waals surface area contributed by atoms with Crippen molar-refractivity contribution in [2.75, 3.05) is 11.5 Å². The number of benzene rings is 2. The number of hydrogen-bond acceptors (Lipinski definition) is 5. The van der Waals surface area contributed by atoms with Crippen LogP contribution in [0.2, 0.25) is 0 Å². The van der Waals surface area contributed by atoms with E-state index in [2.05, 4.69) is 11.6 Å². The van der Waals surface area contributed by atoms with Crippen LogP contribution in [-0.4, -0.2) is 17.5 Å². The molecule has 1 aliphatic heterocycles. The Kier molecular flexibility index (Phi) is 5.28. The minimum absolute atomic E-state index is 0.0468. The molecule has 1 atom stereocenters. The van der Waals surface area contributed by atoms with Gasteiger partial charge in [-0.05, 0) is 73.4 Å². The molecule has 0 spiro atoms. The normalized spacial score (nSPS) is 15.0. The van der Waals surface area contributed by atoms with Gasteiger partial charge in [-0.15, -0.1) is 0 Å². The van der Waals surface area contributed by atoms with E-state index in [-0.39, 0.29) is 11.2 Å². The Morgan fingerprint density at radius 2 is 1.88 bits per heavy atom. The van der Waals surface area contributed by atoms with Crippen LogP contribution in [0.5, 0.6) is 5.75 Å². The Morgan fingerprint density at radius 1 is 1.09 bits per heavy atom. The molecule has 0 fully saturated rings. The van der Waals surface area contributed by atoms with Gasteiger partial charge in [-0.25, -0.2) is 4.98 Å². The van der Waals surface area contributed by atoms with Crippen LogP contribution in [0, 0.1) is 20.8 Å². The van der Waals surface area contributed by atoms with Crippen molar-refractivity contribution in [2.24, 2.45) is 0 Å². The van der Waals surface area contributed by atoms with Gasteiger partial charge in [0.05, 0.1) is 17.0 Å². The zero-order chi connectivity index (χ0) is 24.0. The van der Waals surface area contributed by atoms with Crippen LogP contribution in [0.1, 0.15) is 44.4 Å². The summed E-state index contributed by atoms with van der Waals surface area (Å²) in [4.78, 5) is 33.5. The topological polar surface area (TPSA) is 72.6 Å². The standard InChI is InChI=1S/C28H24N2O4/c1-5-11-33-20-8-6-7-19(14-20)25-24-26(31)21-12-17(3)18(4)13-22(21)34-27(24)28(32)30(25)23-10-9-16(2)15-29-23/h5-10,12-15,25H,1,11H2,2-4H3. The van der Waals surface area contributed by atoms with Crippen LogP contribution in [0.25, 0.3) is 11.0 Å². The molecular weight excluding hydrogens is 428 g/mol. The van der Waals surface area contributed by atoms with Crippen LogP contribution in [0.15, 0.2) is 76.6 Å². The van der Waals surface area contributed by atoms with Gasteiger partial charge in [-0.1, -0.05) is 30.9 Å². The van der Waals surface area contributed by atoms with Crippen LogP contribution in [0.4, 0.5) is 5.82 Å². The summed E-state index contributed by atoms with van der Waals surface area (Å²) in [5.41, 5.74) is 4.16. The first-order valence-corrected chi connectivity index (χ1v) is 11.1. The zero-order valence-corrected chi connectivity index (χ0v) is 19.3. The van der Waals surface area contributed by atoms with Crippen molar-refractivity contribution in [3.8, 4) is 5.75 Å². The van der Waals surface area contributed by atoms with Gasteiger partial charge in [-0.2, -0.15) is 0 Å². The molecule has 0 bridgehead atoms. The lowest BCUT2D eigenvalue weighted by atomic mass is 9.97. The summed E-state index contributed by atoms with van der Waals surface area (Å²) < 4.78 is 11.8. The number of carbonyl (C=O) groups excluding carboxylic acids is 1. The monoisotopic (exact) mass is 452 g/mol. The first-order chi connectivity index (χ1) is 16.4. The van der Waals surface area contributed by atoms with Crippen molar-refractivity contribution >= 4 is 22.7 Å². The summed E-state index contributed by atoms with van der Waals surface area (Å²) >= 11 is 0. The summed E-state index contributed by atoms with van der Waals surface area (Å²) in [7, 11) is 0. The van der Waals surface area contributed by atoms with Gasteiger partial charge in [0.2, 0.25) is 5.76 Å². The molecule has 6 nitrogen and oxygen atoms in total. The van der Waals surface area contributed by atoms with Crippen molar-refractivity contribution in [1.29, 1.82) is 0 Å². The molecule has 1 unspecified atom stereocenters. The minimum Gasteiger partial charge on any atom is -0.490 e. The molecule has 0 radical (unpaired) electrons. The average molecular weight is 453 g/mol. The van der Waals surface area contributed by atoms with E-state index in [4.69, 9.17) is 9.15 Å². The second-order valence-electron chi connectivity index (χ2n) is 8.55. The van der Waals surface area contributed by atoms with Crippen molar-refractivity contribution in [2.45, 2.75) is 26.8 Å². The number of fused-ring (bicyclic) bond motifs is 2. The van der Waals surface area contributed by atoms with Gasteiger partial charge in [0.1, 0.15) is 23.8 Å². The third kappa shape index (κ3) is 3.48. The molecule has 170 valence electrons. The maximum atomic E-state index is 13.8. The van der Waals surface area contributed by atoms with Gasteiger partial charge in [0.25, 0.3) is 5.91 Å². The molecule has 4 aromatic rings. The molecule has 3 heterocycles. The maximum absolute atomic E-state index is 13.8. The third-order valence-electron chi connectivity index (χ3n) is 6.17. The summed E-state index contributed by atoms with van der Waals surface area (Å²) in [5, 5.41) is 0.456. The van der Waals surface area contributed by atoms with Crippen LogP contribution < -0.4 is 15.1 Å². The predicted octanol–water partition coefficient (Wildman–Crippen LogP) is 5.43. The smallest absolute Gasteiger partial charge is 0.296 e. The Hall–Kier alpha value is -4.19. The largest absolute Gasteiger partial charge is 0.490 e. The highest BCUT2D eigenvalue weighted by molar-refractivity contribution is 6.10. The van der Waals surface area contributed by atoms with Crippen LogP contribution >= 0.6 is 0 Å². The number of ether oxygens (including phenoxy) is 1. The van der Waals surface area contributed by atoms with E-state index in [0.717, 1.165) is 22.3 Å². The second-order valence-corrected chi connectivity index (χ2v) is 8.55. The predicted molar refractivity (Wildman–Crippen MR) is 132 cm³/mol. The molecular formula is C28H24N2O4. The molecule has 2 aromatic carbocycles. The second kappa shape index (κ2) is 8.30. The minimum atomic E-state index is -0.702. The zero-order valence-electron chi connectivity index (χ0n) is 19.3. The lowest BCUT2D eigenvalue weighted by molar-refractivity contribution is 0.0970. The molecule has 1 aliphatic rings. The molecule has 34 heavy (non-hydrogen) atoms. The fraction of sp³-hybridized carbons (Fsp3) is 0.179. The SMILES string of the molecule is C=CCOc1cccc(C2c3c(oc4cc(C)c(C)cc4c3=O)C(=O)N2c2ccc(C)cn2)c1. The van der Waals surface area contributed by atoms with E-state index < -0.39 is 11.9 Å². The van der Waals surface area contributed by atoms with E-state index >= 15 is 0 Å². The third-order valence-corrected chi connectivity index (χ3v) is 6.17. The van der Waals surface area contributed by atoms with Gasteiger partial charge in [0, 0.05) is 6.20 Å². The lowest BCUT2D eigenvalue weighted by Crippen LogP contribution is -2.30. The van der Waals surface area contributed by atoms with Gasteiger partial charge in [0.15, 0.2) is 5.43 Å². The average Bonchev–Trinajstić information content (AvgIpc) is 3.12. The summed E-state index contributed by atoms with van der Waals surface area (Å²) in [6.07, 6.45) is 3.36. The van der Waals surface area contributed by atoms with Crippen molar-refractivity contribution in [1.82, 2.24) is 4.98 Å². The highest BCUT2D eigenvalue weighted by Crippen LogP contribution is 2.41. The van der Waals surface area contributed by atoms with Gasteiger partial charge in [-0.3, -0.25) is 14.5 Å². The van der Waals surface area contributed by atoms with Crippen molar-refractivity contribution in [3.05, 3.63) is 111 Å². The van der Waals surface area contributed by atoms with E-state index in [1.54, 1.807) is 18.3 Å². The molecule has 0 aliphatic carbocycles. The van der Waals surface area contributed by atoms with E-state index in [1.807, 2.05) is 63.2 Å². The Bertz CT molecular complexity index is 1500. The number of carbonyl (C=O) groups is 1. The first kappa shape index (κ1) is 21.6. The number of rotatable bonds is 5. The molecule has 6 heteroatoms. The lowest BCUT2D eigenvalue weighted by Gasteiger charge is -2.24. The number of amides is 1. The van der Waals surface area contributed by atoms with Gasteiger partial charge < -0.3 is 9.15 Å². The number of nitrogens with zero attached hydrogens (tertiary/aromatic N) is 2. The molecule has 0 N–H and O–H groups in total. The van der Waals surface area contributed by atoms with Crippen molar-refractivity contribution < 1.29 is 13.9 Å². The Morgan fingerprint density at radius 3 is 2.62 bits per heavy atom. The number of pyridine rings is 1. The summed E-state index contributed by atoms with van der Waals surface area (Å²) in [6, 6.07) is 14.0. The number of anilines is 1. The van der Waals surface area contributed by atoms with E-state index in [0.29, 0.717) is 34.7 Å².